The number of ether oxygens (including phenoxy) is 1. The van der Waals surface area contributed by atoms with E-state index in [4.69, 9.17) is 16.3 Å². The fourth-order valence-electron chi connectivity index (χ4n) is 3.22. The van der Waals surface area contributed by atoms with Crippen LogP contribution in [0.3, 0.4) is 0 Å². The molecular formula is C20H21ClFN4O3+. The second-order valence-electron chi connectivity index (χ2n) is 6.77. The topological polar surface area (TPSA) is 92.0 Å². The van der Waals surface area contributed by atoms with E-state index in [1.54, 1.807) is 6.92 Å². The summed E-state index contributed by atoms with van der Waals surface area (Å²) in [6.07, 6.45) is 1.35. The Morgan fingerprint density at radius 3 is 2.83 bits per heavy atom. The molecule has 2 N–H and O–H groups in total. The van der Waals surface area contributed by atoms with Crippen LogP contribution in [0.4, 0.5) is 10.1 Å². The number of pyridine rings is 1. The molecule has 1 aromatic heterocycles. The quantitative estimate of drug-likeness (QED) is 0.712. The van der Waals surface area contributed by atoms with Crippen molar-refractivity contribution in [2.24, 2.45) is 4.99 Å². The van der Waals surface area contributed by atoms with Gasteiger partial charge in [0, 0.05) is 6.21 Å². The van der Waals surface area contributed by atoms with Crippen LogP contribution in [0, 0.1) is 24.1 Å². The maximum atomic E-state index is 13.3. The number of aromatic nitrogens is 1. The Morgan fingerprint density at radius 1 is 1.45 bits per heavy atom. The van der Waals surface area contributed by atoms with E-state index in [0.717, 1.165) is 13.1 Å². The summed E-state index contributed by atoms with van der Waals surface area (Å²) in [5.41, 5.74) is 0.403. The molecule has 7 nitrogen and oxygen atoms in total. The van der Waals surface area contributed by atoms with Crippen molar-refractivity contribution in [3.05, 3.63) is 56.1 Å². The molecule has 0 spiro atoms. The Balaban J connectivity index is 1.95. The second-order valence-corrected chi connectivity index (χ2v) is 7.18. The molecule has 1 aromatic carbocycles. The number of aliphatic imine (C=N–C) groups is 1. The largest absolute Gasteiger partial charge is 0.494 e. The highest BCUT2D eigenvalue weighted by Gasteiger charge is 2.20. The normalized spacial score (nSPS) is 15.0. The first-order valence-corrected chi connectivity index (χ1v) is 9.57. The number of quaternary nitrogens is 1. The van der Waals surface area contributed by atoms with Crippen LogP contribution in [0.25, 0.3) is 0 Å². The van der Waals surface area contributed by atoms with Crippen LogP contribution >= 0.6 is 11.6 Å². The lowest BCUT2D eigenvalue weighted by Crippen LogP contribution is -3.14. The van der Waals surface area contributed by atoms with Crippen molar-refractivity contribution in [2.45, 2.75) is 13.5 Å². The van der Waals surface area contributed by atoms with E-state index in [1.165, 1.54) is 33.9 Å². The average Bonchev–Trinajstić information content (AvgIpc) is 2.71. The monoisotopic (exact) mass is 419 g/mol. The van der Waals surface area contributed by atoms with Crippen molar-refractivity contribution < 1.29 is 19.1 Å². The fraction of sp³-hybridized carbons (Fsp3) is 0.350. The predicted octanol–water partition coefficient (Wildman–Crippen LogP) is 1.19. The smallest absolute Gasteiger partial charge is 0.271 e. The van der Waals surface area contributed by atoms with Crippen LogP contribution in [-0.2, 0) is 11.3 Å². The maximum Gasteiger partial charge on any atom is 0.271 e. The zero-order valence-corrected chi connectivity index (χ0v) is 16.7. The van der Waals surface area contributed by atoms with Gasteiger partial charge >= 0.3 is 0 Å². The summed E-state index contributed by atoms with van der Waals surface area (Å²) in [5, 5.41) is 20.1. The SMILES string of the molecule is Cc1c(C=Nc2ccc(F)c(Cl)c2)c(O)n(CC[NH+]2CCOCC2)c(=O)c1C#N. The summed E-state index contributed by atoms with van der Waals surface area (Å²) < 4.78 is 19.8. The number of hydrogen-bond acceptors (Lipinski definition) is 5. The van der Waals surface area contributed by atoms with Gasteiger partial charge in [-0.3, -0.25) is 14.4 Å². The van der Waals surface area contributed by atoms with Gasteiger partial charge in [-0.25, -0.2) is 4.39 Å². The van der Waals surface area contributed by atoms with Gasteiger partial charge in [0.2, 0.25) is 5.88 Å². The lowest BCUT2D eigenvalue weighted by Gasteiger charge is -2.24. The van der Waals surface area contributed by atoms with Crippen LogP contribution in [0.1, 0.15) is 16.7 Å². The molecule has 0 amide bonds. The third-order valence-corrected chi connectivity index (χ3v) is 5.27. The number of nitriles is 1. The Hall–Kier alpha value is -2.73. The van der Waals surface area contributed by atoms with Crippen LogP contribution in [-0.4, -0.2) is 48.7 Å². The number of rotatable bonds is 5. The number of nitrogens with one attached hydrogen (secondary N) is 1. The minimum absolute atomic E-state index is 0.0432. The summed E-state index contributed by atoms with van der Waals surface area (Å²) in [6.45, 7) is 5.43. The van der Waals surface area contributed by atoms with Gasteiger partial charge in [-0.05, 0) is 30.7 Å². The minimum Gasteiger partial charge on any atom is -0.494 e. The average molecular weight is 420 g/mol. The molecule has 1 saturated heterocycles. The number of hydrogen-bond donors (Lipinski definition) is 2. The van der Waals surface area contributed by atoms with E-state index in [9.17, 15) is 19.6 Å². The first-order valence-electron chi connectivity index (χ1n) is 9.19. The van der Waals surface area contributed by atoms with E-state index in [-0.39, 0.29) is 28.6 Å². The molecule has 1 fully saturated rings. The molecule has 3 rings (SSSR count). The number of benzene rings is 1. The van der Waals surface area contributed by atoms with E-state index >= 15 is 0 Å². The van der Waals surface area contributed by atoms with Crippen molar-refractivity contribution in [2.75, 3.05) is 32.8 Å². The minimum atomic E-state index is -0.560. The molecule has 0 saturated carbocycles. The number of aromatic hydroxyl groups is 1. The zero-order valence-electron chi connectivity index (χ0n) is 15.9. The van der Waals surface area contributed by atoms with E-state index in [2.05, 4.69) is 4.99 Å². The van der Waals surface area contributed by atoms with Crippen LogP contribution in [0.5, 0.6) is 5.88 Å². The first kappa shape index (κ1) is 21.0. The number of nitrogens with zero attached hydrogens (tertiary/aromatic N) is 3. The van der Waals surface area contributed by atoms with Gasteiger partial charge < -0.3 is 14.7 Å². The molecule has 2 heterocycles. The van der Waals surface area contributed by atoms with Crippen molar-refractivity contribution in [3.63, 3.8) is 0 Å². The molecule has 152 valence electrons. The molecule has 0 atom stereocenters. The third kappa shape index (κ3) is 4.65. The highest BCUT2D eigenvalue weighted by molar-refractivity contribution is 6.31. The van der Waals surface area contributed by atoms with Crippen molar-refractivity contribution in [3.8, 4) is 11.9 Å². The number of morpholine rings is 1. The Bertz CT molecular complexity index is 1040. The predicted molar refractivity (Wildman–Crippen MR) is 107 cm³/mol. The Labute approximate surface area is 172 Å². The molecule has 0 radical (unpaired) electrons. The lowest BCUT2D eigenvalue weighted by molar-refractivity contribution is -0.908. The summed E-state index contributed by atoms with van der Waals surface area (Å²) >= 11 is 5.77. The van der Waals surface area contributed by atoms with Gasteiger partial charge in [0.25, 0.3) is 5.56 Å². The van der Waals surface area contributed by atoms with Crippen LogP contribution < -0.4 is 10.5 Å². The second kappa shape index (κ2) is 9.18. The molecule has 29 heavy (non-hydrogen) atoms. The van der Waals surface area contributed by atoms with Gasteiger partial charge in [-0.1, -0.05) is 11.6 Å². The molecule has 1 aliphatic rings. The molecule has 0 bridgehead atoms. The van der Waals surface area contributed by atoms with Gasteiger partial charge in [0.1, 0.15) is 30.5 Å². The Morgan fingerprint density at radius 2 is 2.17 bits per heavy atom. The van der Waals surface area contributed by atoms with Gasteiger partial charge in [0.05, 0.1) is 42.6 Å². The van der Waals surface area contributed by atoms with Crippen molar-refractivity contribution in [1.29, 1.82) is 5.26 Å². The van der Waals surface area contributed by atoms with Crippen LogP contribution in [0.15, 0.2) is 28.0 Å². The first-order chi connectivity index (χ1) is 13.9. The van der Waals surface area contributed by atoms with Gasteiger partial charge in [0.15, 0.2) is 0 Å². The molecule has 0 aliphatic carbocycles. The summed E-state index contributed by atoms with van der Waals surface area (Å²) in [4.78, 5) is 18.1. The maximum absolute atomic E-state index is 13.3. The lowest BCUT2D eigenvalue weighted by atomic mass is 10.1. The molecule has 1 aliphatic heterocycles. The zero-order chi connectivity index (χ0) is 21.0. The van der Waals surface area contributed by atoms with E-state index in [1.807, 2.05) is 6.07 Å². The summed E-state index contributed by atoms with van der Waals surface area (Å²) in [7, 11) is 0. The molecule has 9 heteroatoms. The van der Waals surface area contributed by atoms with Crippen LogP contribution in [0.2, 0.25) is 5.02 Å². The van der Waals surface area contributed by atoms with Crippen molar-refractivity contribution in [1.82, 2.24) is 4.57 Å². The number of halogens is 2. The molecule has 2 aromatic rings. The standard InChI is InChI=1S/C20H20ClFN4O3/c1-13-15(11-23)19(27)26(5-4-25-6-8-29-9-7-25)20(28)16(13)12-24-14-2-3-18(22)17(21)10-14/h2-3,10,12,28H,4-9H2,1H3/p+1. The highest BCUT2D eigenvalue weighted by Crippen LogP contribution is 2.24. The van der Waals surface area contributed by atoms with Gasteiger partial charge in [-0.2, -0.15) is 5.26 Å². The summed E-state index contributed by atoms with van der Waals surface area (Å²) in [6, 6.07) is 5.90. The molecular weight excluding hydrogens is 399 g/mol. The van der Waals surface area contributed by atoms with Gasteiger partial charge in [-0.15, -0.1) is 0 Å². The third-order valence-electron chi connectivity index (χ3n) is 4.98. The molecule has 0 unspecified atom stereocenters. The van der Waals surface area contributed by atoms with E-state index < -0.39 is 11.4 Å². The Kier molecular flexibility index (Phi) is 6.64. The fourth-order valence-corrected chi connectivity index (χ4v) is 3.39. The highest BCUT2D eigenvalue weighted by atomic mass is 35.5. The summed E-state index contributed by atoms with van der Waals surface area (Å²) in [5.74, 6) is -0.813. The van der Waals surface area contributed by atoms with Crippen molar-refractivity contribution >= 4 is 23.5 Å². The van der Waals surface area contributed by atoms with E-state index in [0.29, 0.717) is 31.0 Å².